The molecule has 0 saturated heterocycles. The number of rotatable bonds is 4. The van der Waals surface area contributed by atoms with Gasteiger partial charge < -0.3 is 5.11 Å². The quantitative estimate of drug-likeness (QED) is 0.612. The molecule has 1 unspecified atom stereocenters. The Morgan fingerprint density at radius 1 is 1.36 bits per heavy atom. The number of aryl methyl sites for hydroxylation is 2. The average molecular weight is 212 g/mol. The Morgan fingerprint density at radius 2 is 1.93 bits per heavy atom. The van der Waals surface area contributed by atoms with Crippen LogP contribution in [0.3, 0.4) is 0 Å². The normalized spacial score (nSPS) is 12.9. The Balaban J connectivity index is 2.50. The average Bonchev–Trinajstić information content (AvgIpc) is 2.01. The Labute approximate surface area is 89.0 Å². The lowest BCUT2D eigenvalue weighted by Crippen LogP contribution is -2.01. The molecule has 14 heavy (non-hydrogen) atoms. The zero-order valence-corrected chi connectivity index (χ0v) is 9.64. The molecule has 0 aliphatic carbocycles. The molecule has 1 heterocycles. The van der Waals surface area contributed by atoms with E-state index < -0.39 is 0 Å². The number of aliphatic hydroxyl groups is 1. The van der Waals surface area contributed by atoms with Gasteiger partial charge in [-0.15, -0.1) is 0 Å². The maximum absolute atomic E-state index is 9.09. The van der Waals surface area contributed by atoms with Gasteiger partial charge in [0.2, 0.25) is 0 Å². The van der Waals surface area contributed by atoms with Gasteiger partial charge in [0.05, 0.1) is 6.10 Å². The van der Waals surface area contributed by atoms with Crippen molar-refractivity contribution in [3.8, 4) is 0 Å². The van der Waals surface area contributed by atoms with Crippen LogP contribution in [0.2, 0.25) is 0 Å². The predicted molar refractivity (Wildman–Crippen MR) is 58.5 cm³/mol. The molecule has 1 aromatic heterocycles. The highest BCUT2D eigenvalue weighted by atomic mass is 32.2. The fourth-order valence-electron chi connectivity index (χ4n) is 1.08. The van der Waals surface area contributed by atoms with Crippen LogP contribution in [-0.4, -0.2) is 26.9 Å². The lowest BCUT2D eigenvalue weighted by molar-refractivity contribution is 0.192. The van der Waals surface area contributed by atoms with Crippen LogP contribution in [0.15, 0.2) is 11.2 Å². The van der Waals surface area contributed by atoms with Gasteiger partial charge in [-0.25, -0.2) is 9.97 Å². The first-order valence-electron chi connectivity index (χ1n) is 4.71. The maximum Gasteiger partial charge on any atom is 0.187 e. The number of nitrogens with zero attached hydrogens (tertiary/aromatic N) is 2. The molecular weight excluding hydrogens is 196 g/mol. The van der Waals surface area contributed by atoms with Crippen molar-refractivity contribution in [2.45, 2.75) is 38.5 Å². The molecule has 0 aliphatic heterocycles. The zero-order chi connectivity index (χ0) is 10.6. The molecule has 0 saturated carbocycles. The summed E-state index contributed by atoms with van der Waals surface area (Å²) in [5.41, 5.74) is 1.99. The van der Waals surface area contributed by atoms with Crippen LogP contribution >= 0.6 is 11.8 Å². The monoisotopic (exact) mass is 212 g/mol. The molecule has 0 radical (unpaired) electrons. The second-order valence-electron chi connectivity index (χ2n) is 3.42. The van der Waals surface area contributed by atoms with E-state index in [-0.39, 0.29) is 6.10 Å². The summed E-state index contributed by atoms with van der Waals surface area (Å²) in [7, 11) is 0. The number of hydrogen-bond acceptors (Lipinski definition) is 4. The van der Waals surface area contributed by atoms with Gasteiger partial charge in [-0.05, 0) is 33.3 Å². The van der Waals surface area contributed by atoms with E-state index in [0.717, 1.165) is 28.7 Å². The van der Waals surface area contributed by atoms with Gasteiger partial charge in [0.15, 0.2) is 5.16 Å². The van der Waals surface area contributed by atoms with E-state index >= 15 is 0 Å². The first kappa shape index (κ1) is 11.5. The summed E-state index contributed by atoms with van der Waals surface area (Å²) in [5, 5.41) is 9.89. The summed E-state index contributed by atoms with van der Waals surface area (Å²) in [5.74, 6) is 0.862. The highest BCUT2D eigenvalue weighted by molar-refractivity contribution is 7.99. The highest BCUT2D eigenvalue weighted by Gasteiger charge is 2.01. The minimum absolute atomic E-state index is 0.242. The molecule has 78 valence electrons. The molecule has 0 fully saturated rings. The number of thioether (sulfide) groups is 1. The molecular formula is C10H16N2OS. The first-order chi connectivity index (χ1) is 6.58. The van der Waals surface area contributed by atoms with Crippen LogP contribution in [0.5, 0.6) is 0 Å². The summed E-state index contributed by atoms with van der Waals surface area (Å²) in [6.45, 7) is 5.73. The summed E-state index contributed by atoms with van der Waals surface area (Å²) in [6.07, 6.45) is 0.537. The van der Waals surface area contributed by atoms with Gasteiger partial charge in [0, 0.05) is 17.1 Å². The molecule has 4 heteroatoms. The van der Waals surface area contributed by atoms with Crippen molar-refractivity contribution < 1.29 is 5.11 Å². The smallest absolute Gasteiger partial charge is 0.187 e. The predicted octanol–water partition coefficient (Wildman–Crippen LogP) is 1.96. The van der Waals surface area contributed by atoms with Crippen LogP contribution in [0.25, 0.3) is 0 Å². The largest absolute Gasteiger partial charge is 0.393 e. The first-order valence-corrected chi connectivity index (χ1v) is 5.69. The Morgan fingerprint density at radius 3 is 2.43 bits per heavy atom. The second kappa shape index (κ2) is 5.32. The molecule has 0 spiro atoms. The van der Waals surface area contributed by atoms with E-state index in [1.165, 1.54) is 0 Å². The van der Waals surface area contributed by atoms with Crippen molar-refractivity contribution in [3.63, 3.8) is 0 Å². The van der Waals surface area contributed by atoms with Crippen molar-refractivity contribution in [2.75, 3.05) is 5.75 Å². The summed E-state index contributed by atoms with van der Waals surface area (Å²) in [6, 6.07) is 1.96. The van der Waals surface area contributed by atoms with E-state index in [4.69, 9.17) is 5.11 Å². The Kier molecular flexibility index (Phi) is 4.35. The molecule has 1 rings (SSSR count). The Hall–Kier alpha value is -0.610. The minimum atomic E-state index is -0.242. The topological polar surface area (TPSA) is 46.0 Å². The van der Waals surface area contributed by atoms with Gasteiger partial charge in [0.25, 0.3) is 0 Å². The lowest BCUT2D eigenvalue weighted by atomic mass is 10.3. The van der Waals surface area contributed by atoms with Crippen molar-refractivity contribution in [3.05, 3.63) is 17.5 Å². The van der Waals surface area contributed by atoms with Gasteiger partial charge in [-0.2, -0.15) is 0 Å². The third-order valence-electron chi connectivity index (χ3n) is 1.73. The summed E-state index contributed by atoms with van der Waals surface area (Å²) < 4.78 is 0. The SMILES string of the molecule is Cc1cc(C)nc(SCCC(C)O)n1. The molecule has 1 N–H and O–H groups in total. The van der Waals surface area contributed by atoms with E-state index in [0.29, 0.717) is 0 Å². The molecule has 0 aromatic carbocycles. The standard InChI is InChI=1S/C10H16N2OS/c1-7-6-8(2)12-10(11-7)14-5-4-9(3)13/h6,9,13H,4-5H2,1-3H3. The lowest BCUT2D eigenvalue weighted by Gasteiger charge is -2.04. The number of aliphatic hydroxyl groups excluding tert-OH is 1. The van der Waals surface area contributed by atoms with Crippen molar-refractivity contribution in [1.82, 2.24) is 9.97 Å². The van der Waals surface area contributed by atoms with Crippen LogP contribution < -0.4 is 0 Å². The molecule has 1 atom stereocenters. The number of hydrogen-bond donors (Lipinski definition) is 1. The van der Waals surface area contributed by atoms with Gasteiger partial charge in [-0.3, -0.25) is 0 Å². The second-order valence-corrected chi connectivity index (χ2v) is 4.48. The van der Waals surface area contributed by atoms with Crippen molar-refractivity contribution >= 4 is 11.8 Å². The Bertz CT molecular complexity index is 282. The van der Waals surface area contributed by atoms with E-state index in [1.807, 2.05) is 19.9 Å². The van der Waals surface area contributed by atoms with E-state index in [2.05, 4.69) is 9.97 Å². The van der Waals surface area contributed by atoms with E-state index in [1.54, 1.807) is 18.7 Å². The van der Waals surface area contributed by atoms with Gasteiger partial charge in [0.1, 0.15) is 0 Å². The van der Waals surface area contributed by atoms with Crippen LogP contribution in [0.4, 0.5) is 0 Å². The van der Waals surface area contributed by atoms with Crippen LogP contribution in [0.1, 0.15) is 24.7 Å². The number of aromatic nitrogens is 2. The fraction of sp³-hybridized carbons (Fsp3) is 0.600. The third-order valence-corrected chi connectivity index (χ3v) is 2.61. The molecule has 0 amide bonds. The van der Waals surface area contributed by atoms with E-state index in [9.17, 15) is 0 Å². The fourth-order valence-corrected chi connectivity index (χ4v) is 2.14. The zero-order valence-electron chi connectivity index (χ0n) is 8.82. The molecule has 3 nitrogen and oxygen atoms in total. The van der Waals surface area contributed by atoms with Gasteiger partial charge in [-0.1, -0.05) is 11.8 Å². The molecule has 0 aliphatic rings. The molecule has 0 bridgehead atoms. The molecule has 1 aromatic rings. The minimum Gasteiger partial charge on any atom is -0.393 e. The third kappa shape index (κ3) is 4.07. The van der Waals surface area contributed by atoms with Crippen LogP contribution in [0, 0.1) is 13.8 Å². The maximum atomic E-state index is 9.09. The summed E-state index contributed by atoms with van der Waals surface area (Å²) in [4.78, 5) is 8.60. The van der Waals surface area contributed by atoms with Crippen LogP contribution in [-0.2, 0) is 0 Å². The summed E-state index contributed by atoms with van der Waals surface area (Å²) >= 11 is 1.59. The highest BCUT2D eigenvalue weighted by Crippen LogP contribution is 2.15. The van der Waals surface area contributed by atoms with Gasteiger partial charge >= 0.3 is 0 Å². The van der Waals surface area contributed by atoms with Crippen molar-refractivity contribution in [1.29, 1.82) is 0 Å². The van der Waals surface area contributed by atoms with Crippen molar-refractivity contribution in [2.24, 2.45) is 0 Å².